The zero-order chi connectivity index (χ0) is 36.0. The monoisotopic (exact) mass is 666 g/mol. The Morgan fingerprint density at radius 3 is 1.64 bits per heavy atom. The van der Waals surface area contributed by atoms with E-state index in [9.17, 15) is 48.9 Å². The summed E-state index contributed by atoms with van der Waals surface area (Å²) in [6.45, 7) is 7.16. The molecule has 0 bridgehead atoms. The third-order valence-electron chi connectivity index (χ3n) is 7.05. The van der Waals surface area contributed by atoms with Crippen molar-refractivity contribution in [3.05, 3.63) is 29.8 Å². The van der Waals surface area contributed by atoms with Crippen molar-refractivity contribution in [3.63, 3.8) is 0 Å². The lowest BCUT2D eigenvalue weighted by molar-refractivity contribution is -0.143. The van der Waals surface area contributed by atoms with Gasteiger partial charge in [-0.05, 0) is 42.9 Å². The predicted octanol–water partition coefficient (Wildman–Crippen LogP) is -2.04. The van der Waals surface area contributed by atoms with Crippen molar-refractivity contribution in [1.82, 2.24) is 26.6 Å². The van der Waals surface area contributed by atoms with E-state index in [1.807, 2.05) is 0 Å². The maximum absolute atomic E-state index is 13.3. The number of hydrogen-bond acceptors (Lipinski definition) is 10. The normalized spacial score (nSPS) is 14.9. The summed E-state index contributed by atoms with van der Waals surface area (Å²) in [6, 6.07) is -2.17. The summed E-state index contributed by atoms with van der Waals surface area (Å²) in [4.78, 5) is 87.6. The lowest BCUT2D eigenvalue weighted by Crippen LogP contribution is -2.60. The largest absolute Gasteiger partial charge is 0.508 e. The summed E-state index contributed by atoms with van der Waals surface area (Å²) in [5.74, 6) is -7.83. The Labute approximate surface area is 272 Å². The minimum Gasteiger partial charge on any atom is -0.508 e. The molecule has 0 fully saturated rings. The Balaban J connectivity index is 3.04. The molecule has 17 nitrogen and oxygen atoms in total. The van der Waals surface area contributed by atoms with Gasteiger partial charge in [-0.15, -0.1) is 0 Å². The van der Waals surface area contributed by atoms with E-state index in [0.717, 1.165) is 0 Å². The third-order valence-corrected chi connectivity index (χ3v) is 7.05. The standard InChI is InChI=1S/C30H46N6O11/c1-14(2)23(36-26(42)19(31)13-37)28(44)32-16(5)25(41)35-24(15(3)4)29(45)33-20(10-11-22(39)40)27(43)34-21(30(46)47)12-17-6-8-18(38)9-7-17/h6-9,14-16,19-21,23-24,37-38H,10-13,31H2,1-5H3,(H,32,44)(H,33,45)(H,34,43)(H,35,41)(H,36,42)(H,39,40)(H,46,47)/t16-,19-,20-,21-,23-,24-/m0/s1. The summed E-state index contributed by atoms with van der Waals surface area (Å²) >= 11 is 0. The molecular formula is C30H46N6O11. The molecule has 17 heteroatoms. The number of benzene rings is 1. The first-order valence-electron chi connectivity index (χ1n) is 15.0. The molecule has 0 radical (unpaired) electrons. The SMILES string of the molecule is CC(C)[C@H](NC(=O)[C@H](C)NC(=O)[C@@H](NC(=O)[C@@H](N)CO)C(C)C)C(=O)N[C@@H](CCC(=O)O)C(=O)N[C@@H](Cc1ccc(O)cc1)C(=O)O. The summed E-state index contributed by atoms with van der Waals surface area (Å²) in [5.41, 5.74) is 5.98. The van der Waals surface area contributed by atoms with Crippen molar-refractivity contribution < 1.29 is 54.0 Å². The van der Waals surface area contributed by atoms with Crippen LogP contribution in [0.15, 0.2) is 24.3 Å². The highest BCUT2D eigenvalue weighted by Gasteiger charge is 2.33. The molecule has 1 aromatic carbocycles. The number of aliphatic hydroxyl groups excluding tert-OH is 1. The highest BCUT2D eigenvalue weighted by Crippen LogP contribution is 2.12. The van der Waals surface area contributed by atoms with Crippen LogP contribution in [-0.4, -0.2) is 105 Å². The Bertz CT molecular complexity index is 1270. The second-order valence-electron chi connectivity index (χ2n) is 11.7. The second-order valence-corrected chi connectivity index (χ2v) is 11.7. The third kappa shape index (κ3) is 13.6. The fraction of sp³-hybridized carbons (Fsp3) is 0.567. The van der Waals surface area contributed by atoms with E-state index in [4.69, 9.17) is 10.8 Å². The number of nitrogens with two attached hydrogens (primary N) is 1. The number of aromatic hydroxyl groups is 1. The molecule has 0 aliphatic rings. The molecule has 11 N–H and O–H groups in total. The van der Waals surface area contributed by atoms with Gasteiger partial charge in [0.2, 0.25) is 29.5 Å². The first-order valence-corrected chi connectivity index (χ1v) is 15.0. The zero-order valence-corrected chi connectivity index (χ0v) is 27.0. The number of amides is 5. The fourth-order valence-electron chi connectivity index (χ4n) is 4.20. The number of rotatable bonds is 19. The molecule has 47 heavy (non-hydrogen) atoms. The van der Waals surface area contributed by atoms with Gasteiger partial charge in [0.25, 0.3) is 0 Å². The molecule has 1 rings (SSSR count). The van der Waals surface area contributed by atoms with Crippen LogP contribution in [0.4, 0.5) is 0 Å². The van der Waals surface area contributed by atoms with Crippen LogP contribution in [0.5, 0.6) is 5.75 Å². The molecule has 0 unspecified atom stereocenters. The lowest BCUT2D eigenvalue weighted by atomic mass is 10.0. The topological polar surface area (TPSA) is 287 Å². The first kappa shape index (κ1) is 40.3. The highest BCUT2D eigenvalue weighted by atomic mass is 16.4. The number of phenolic OH excluding ortho intramolecular Hbond substituents is 1. The molecule has 5 amide bonds. The van der Waals surface area contributed by atoms with Gasteiger partial charge in [-0.25, -0.2) is 4.79 Å². The zero-order valence-electron chi connectivity index (χ0n) is 27.0. The molecule has 0 aliphatic heterocycles. The van der Waals surface area contributed by atoms with Crippen molar-refractivity contribution in [2.75, 3.05) is 6.61 Å². The Kier molecular flexibility index (Phi) is 16.3. The number of carbonyl (C=O) groups is 7. The quantitative estimate of drug-likeness (QED) is 0.0764. The molecular weight excluding hydrogens is 620 g/mol. The predicted molar refractivity (Wildman–Crippen MR) is 166 cm³/mol. The van der Waals surface area contributed by atoms with Crippen LogP contribution < -0.4 is 32.3 Å². The van der Waals surface area contributed by atoms with Crippen molar-refractivity contribution >= 4 is 41.5 Å². The van der Waals surface area contributed by atoms with Crippen molar-refractivity contribution in [3.8, 4) is 5.75 Å². The van der Waals surface area contributed by atoms with Gasteiger partial charge in [-0.3, -0.25) is 28.8 Å². The molecule has 0 spiro atoms. The minimum atomic E-state index is -1.49. The van der Waals surface area contributed by atoms with E-state index in [2.05, 4.69) is 26.6 Å². The van der Waals surface area contributed by atoms with Crippen molar-refractivity contribution in [1.29, 1.82) is 0 Å². The maximum atomic E-state index is 13.3. The van der Waals surface area contributed by atoms with Crippen molar-refractivity contribution in [2.24, 2.45) is 17.6 Å². The Morgan fingerprint density at radius 2 is 1.17 bits per heavy atom. The highest BCUT2D eigenvalue weighted by molar-refractivity contribution is 5.96. The summed E-state index contributed by atoms with van der Waals surface area (Å²) in [6.07, 6.45) is -1.12. The summed E-state index contributed by atoms with van der Waals surface area (Å²) in [7, 11) is 0. The van der Waals surface area contributed by atoms with Gasteiger partial charge in [0.1, 0.15) is 42.0 Å². The Hall–Kier alpha value is -4.77. The van der Waals surface area contributed by atoms with Crippen LogP contribution in [0, 0.1) is 11.8 Å². The molecule has 0 saturated heterocycles. The molecule has 262 valence electrons. The van der Waals surface area contributed by atoms with E-state index in [1.54, 1.807) is 27.7 Å². The molecule has 0 aliphatic carbocycles. The molecule has 0 heterocycles. The van der Waals surface area contributed by atoms with Crippen LogP contribution >= 0.6 is 0 Å². The van der Waals surface area contributed by atoms with Gasteiger partial charge in [0, 0.05) is 12.8 Å². The number of phenols is 1. The molecule has 0 saturated carbocycles. The summed E-state index contributed by atoms with van der Waals surface area (Å²) < 4.78 is 0. The van der Waals surface area contributed by atoms with Gasteiger partial charge in [-0.2, -0.15) is 0 Å². The second kappa shape index (κ2) is 19.0. The maximum Gasteiger partial charge on any atom is 0.326 e. The Morgan fingerprint density at radius 1 is 0.681 bits per heavy atom. The smallest absolute Gasteiger partial charge is 0.326 e. The van der Waals surface area contributed by atoms with Crippen LogP contribution in [0.1, 0.15) is 53.0 Å². The number of carboxylic acids is 2. The average molecular weight is 667 g/mol. The van der Waals surface area contributed by atoms with E-state index in [1.165, 1.54) is 31.2 Å². The van der Waals surface area contributed by atoms with E-state index in [-0.39, 0.29) is 12.2 Å². The van der Waals surface area contributed by atoms with Gasteiger partial charge >= 0.3 is 11.9 Å². The average Bonchev–Trinajstić information content (AvgIpc) is 2.99. The van der Waals surface area contributed by atoms with Crippen LogP contribution in [0.25, 0.3) is 0 Å². The van der Waals surface area contributed by atoms with Crippen molar-refractivity contribution in [2.45, 2.75) is 90.1 Å². The van der Waals surface area contributed by atoms with E-state index in [0.29, 0.717) is 5.56 Å². The number of aliphatic carboxylic acids is 2. The van der Waals surface area contributed by atoms with Crippen LogP contribution in [-0.2, 0) is 40.0 Å². The molecule has 0 aromatic heterocycles. The van der Waals surface area contributed by atoms with Gasteiger partial charge in [0.15, 0.2) is 0 Å². The number of carboxylic acid groups (broad SMARTS) is 2. The van der Waals surface area contributed by atoms with Crippen LogP contribution in [0.2, 0.25) is 0 Å². The van der Waals surface area contributed by atoms with E-state index >= 15 is 0 Å². The van der Waals surface area contributed by atoms with E-state index < -0.39 is 109 Å². The minimum absolute atomic E-state index is 0.0441. The van der Waals surface area contributed by atoms with Gasteiger partial charge < -0.3 is 52.7 Å². The van der Waals surface area contributed by atoms with Crippen LogP contribution in [0.3, 0.4) is 0 Å². The first-order chi connectivity index (χ1) is 21.9. The molecule has 1 aromatic rings. The van der Waals surface area contributed by atoms with Gasteiger partial charge in [-0.1, -0.05) is 39.8 Å². The summed E-state index contributed by atoms with van der Waals surface area (Å²) in [5, 5.41) is 49.5. The number of carbonyl (C=O) groups excluding carboxylic acids is 5. The number of hydrogen-bond donors (Lipinski definition) is 10. The number of aliphatic hydroxyl groups is 1. The lowest BCUT2D eigenvalue weighted by Gasteiger charge is -2.28. The molecule has 6 atom stereocenters. The fourth-order valence-corrected chi connectivity index (χ4v) is 4.20. The van der Waals surface area contributed by atoms with Gasteiger partial charge in [0.05, 0.1) is 6.61 Å². The number of nitrogens with one attached hydrogen (secondary N) is 5.